The molecule has 0 N–H and O–H groups in total. The number of amides is 2. The summed E-state index contributed by atoms with van der Waals surface area (Å²) in [5.74, 6) is -1.92. The van der Waals surface area contributed by atoms with E-state index in [0.717, 1.165) is 0 Å². The molecule has 110 valence electrons. The van der Waals surface area contributed by atoms with Crippen molar-refractivity contribution in [3.63, 3.8) is 0 Å². The van der Waals surface area contributed by atoms with Crippen LogP contribution in [-0.4, -0.2) is 47.9 Å². The van der Waals surface area contributed by atoms with Crippen molar-refractivity contribution in [1.82, 2.24) is 9.96 Å². The predicted octanol–water partition coefficient (Wildman–Crippen LogP) is 1.25. The van der Waals surface area contributed by atoms with Gasteiger partial charge in [0.25, 0.3) is 11.8 Å². The maximum atomic E-state index is 12.1. The minimum Gasteiger partial charge on any atom is -0.328 e. The minimum atomic E-state index is -0.672. The molecule has 0 saturated carbocycles. The van der Waals surface area contributed by atoms with Crippen molar-refractivity contribution < 1.29 is 19.2 Å². The van der Waals surface area contributed by atoms with E-state index in [1.54, 1.807) is 37.2 Å². The molecule has 2 rings (SSSR count). The normalized spacial score (nSPS) is 15.1. The lowest BCUT2D eigenvalue weighted by atomic mass is 10.1. The highest BCUT2D eigenvalue weighted by molar-refractivity contribution is 6.20. The van der Waals surface area contributed by atoms with Crippen molar-refractivity contribution in [3.8, 4) is 0 Å². The molecular weight excluding hydrogens is 272 g/mol. The molecule has 0 aromatic heterocycles. The number of carbonyl (C=O) groups is 3. The zero-order chi connectivity index (χ0) is 15.6. The SMILES string of the molecule is C=CCC(C(=O)ON1C(=O)c2ccccc2C1=O)N(C)C. The molecule has 1 aliphatic heterocycles. The second kappa shape index (κ2) is 5.88. The van der Waals surface area contributed by atoms with Crippen LogP contribution in [0.25, 0.3) is 0 Å². The third kappa shape index (κ3) is 2.71. The molecule has 1 aromatic carbocycles. The molecule has 2 amide bonds. The molecule has 1 heterocycles. The standard InChI is InChI=1S/C15H16N2O4/c1-4-7-12(16(2)3)15(20)21-17-13(18)10-8-5-6-9-11(10)14(17)19/h4-6,8-9,12H,1,7H2,2-3H3. The number of hydroxylamine groups is 2. The van der Waals surface area contributed by atoms with Gasteiger partial charge in [0, 0.05) is 0 Å². The molecule has 21 heavy (non-hydrogen) atoms. The summed E-state index contributed by atoms with van der Waals surface area (Å²) in [6.45, 7) is 3.58. The lowest BCUT2D eigenvalue weighted by Gasteiger charge is -2.22. The lowest BCUT2D eigenvalue weighted by Crippen LogP contribution is -2.42. The maximum Gasteiger partial charge on any atom is 0.350 e. The van der Waals surface area contributed by atoms with Crippen LogP contribution in [0.4, 0.5) is 0 Å². The number of carbonyl (C=O) groups excluding carboxylic acids is 3. The molecule has 0 saturated heterocycles. The summed E-state index contributed by atoms with van der Waals surface area (Å²) >= 11 is 0. The number of imide groups is 1. The van der Waals surface area contributed by atoms with Gasteiger partial charge in [-0.05, 0) is 32.6 Å². The summed E-state index contributed by atoms with van der Waals surface area (Å²) in [4.78, 5) is 42.9. The van der Waals surface area contributed by atoms with Crippen molar-refractivity contribution in [1.29, 1.82) is 0 Å². The van der Waals surface area contributed by atoms with E-state index >= 15 is 0 Å². The molecule has 0 fully saturated rings. The van der Waals surface area contributed by atoms with E-state index in [1.165, 1.54) is 12.1 Å². The van der Waals surface area contributed by atoms with E-state index in [-0.39, 0.29) is 11.1 Å². The third-order valence-corrected chi connectivity index (χ3v) is 3.22. The average Bonchev–Trinajstić information content (AvgIpc) is 2.70. The summed E-state index contributed by atoms with van der Waals surface area (Å²) < 4.78 is 0. The van der Waals surface area contributed by atoms with Crippen LogP contribution in [0.5, 0.6) is 0 Å². The highest BCUT2D eigenvalue weighted by atomic mass is 16.7. The van der Waals surface area contributed by atoms with Gasteiger partial charge in [0.15, 0.2) is 0 Å². The zero-order valence-corrected chi connectivity index (χ0v) is 11.9. The number of hydrogen-bond donors (Lipinski definition) is 0. The van der Waals surface area contributed by atoms with Crippen molar-refractivity contribution in [2.75, 3.05) is 14.1 Å². The number of likely N-dealkylation sites (N-methyl/N-ethyl adjacent to an activating group) is 1. The van der Waals surface area contributed by atoms with Crippen molar-refractivity contribution in [2.24, 2.45) is 0 Å². The molecule has 1 unspecified atom stereocenters. The van der Waals surface area contributed by atoms with Gasteiger partial charge in [-0.2, -0.15) is 0 Å². The summed E-state index contributed by atoms with van der Waals surface area (Å²) in [7, 11) is 3.41. The quantitative estimate of drug-likeness (QED) is 0.602. The van der Waals surface area contributed by atoms with E-state index < -0.39 is 23.8 Å². The number of hydrogen-bond acceptors (Lipinski definition) is 5. The van der Waals surface area contributed by atoms with E-state index in [4.69, 9.17) is 4.84 Å². The van der Waals surface area contributed by atoms with Gasteiger partial charge < -0.3 is 4.84 Å². The van der Waals surface area contributed by atoms with Crippen LogP contribution >= 0.6 is 0 Å². The Hall–Kier alpha value is -2.47. The minimum absolute atomic E-state index is 0.237. The number of benzene rings is 1. The van der Waals surface area contributed by atoms with E-state index in [2.05, 4.69) is 6.58 Å². The highest BCUT2D eigenvalue weighted by Crippen LogP contribution is 2.23. The average molecular weight is 288 g/mol. The molecule has 6 heteroatoms. The maximum absolute atomic E-state index is 12.1. The molecule has 0 bridgehead atoms. The van der Waals surface area contributed by atoms with Crippen LogP contribution in [0.15, 0.2) is 36.9 Å². The molecule has 0 aliphatic carbocycles. The Bertz CT molecular complexity index is 574. The molecule has 1 aromatic rings. The number of nitrogens with zero attached hydrogens (tertiary/aromatic N) is 2. The van der Waals surface area contributed by atoms with Gasteiger partial charge in [-0.1, -0.05) is 23.3 Å². The first-order valence-electron chi connectivity index (χ1n) is 6.44. The van der Waals surface area contributed by atoms with Crippen LogP contribution < -0.4 is 0 Å². The van der Waals surface area contributed by atoms with Crippen LogP contribution in [0.2, 0.25) is 0 Å². The Balaban J connectivity index is 2.18. The molecule has 6 nitrogen and oxygen atoms in total. The van der Waals surface area contributed by atoms with Gasteiger partial charge in [0.2, 0.25) is 0 Å². The van der Waals surface area contributed by atoms with Crippen LogP contribution in [0, 0.1) is 0 Å². The topological polar surface area (TPSA) is 66.9 Å². The summed E-state index contributed by atoms with van der Waals surface area (Å²) in [5.41, 5.74) is 0.473. The predicted molar refractivity (Wildman–Crippen MR) is 75.3 cm³/mol. The summed E-state index contributed by atoms with van der Waals surface area (Å²) in [6, 6.07) is 5.74. The molecular formula is C15H16N2O4. The van der Waals surface area contributed by atoms with Crippen LogP contribution in [0.3, 0.4) is 0 Å². The van der Waals surface area contributed by atoms with E-state index in [9.17, 15) is 14.4 Å². The molecule has 0 radical (unpaired) electrons. The molecule has 0 spiro atoms. The Morgan fingerprint density at radius 2 is 1.81 bits per heavy atom. The van der Waals surface area contributed by atoms with Crippen LogP contribution in [-0.2, 0) is 9.63 Å². The Morgan fingerprint density at radius 3 is 2.24 bits per heavy atom. The highest BCUT2D eigenvalue weighted by Gasteiger charge is 2.39. The first-order chi connectivity index (χ1) is 9.97. The van der Waals surface area contributed by atoms with Gasteiger partial charge in [0.1, 0.15) is 6.04 Å². The second-order valence-electron chi connectivity index (χ2n) is 4.86. The Morgan fingerprint density at radius 1 is 1.29 bits per heavy atom. The molecule has 1 atom stereocenters. The fourth-order valence-electron chi connectivity index (χ4n) is 2.08. The van der Waals surface area contributed by atoms with Gasteiger partial charge in [0.05, 0.1) is 11.1 Å². The van der Waals surface area contributed by atoms with Gasteiger partial charge >= 0.3 is 5.97 Å². The zero-order valence-electron chi connectivity index (χ0n) is 11.9. The number of fused-ring (bicyclic) bond motifs is 1. The van der Waals surface area contributed by atoms with Gasteiger partial charge in [-0.25, -0.2) is 4.79 Å². The second-order valence-corrected chi connectivity index (χ2v) is 4.86. The molecule has 1 aliphatic rings. The third-order valence-electron chi connectivity index (χ3n) is 3.22. The Kier molecular flexibility index (Phi) is 4.18. The Labute approximate surface area is 122 Å². The lowest BCUT2D eigenvalue weighted by molar-refractivity contribution is -0.174. The van der Waals surface area contributed by atoms with Crippen LogP contribution in [0.1, 0.15) is 27.1 Å². The fraction of sp³-hybridized carbons (Fsp3) is 0.267. The first-order valence-corrected chi connectivity index (χ1v) is 6.44. The number of rotatable bonds is 5. The van der Waals surface area contributed by atoms with Crippen molar-refractivity contribution in [2.45, 2.75) is 12.5 Å². The monoisotopic (exact) mass is 288 g/mol. The van der Waals surface area contributed by atoms with Crippen molar-refractivity contribution >= 4 is 17.8 Å². The van der Waals surface area contributed by atoms with Crippen molar-refractivity contribution in [3.05, 3.63) is 48.0 Å². The van der Waals surface area contributed by atoms with Gasteiger partial charge in [-0.15, -0.1) is 6.58 Å². The largest absolute Gasteiger partial charge is 0.350 e. The smallest absolute Gasteiger partial charge is 0.328 e. The fourth-order valence-corrected chi connectivity index (χ4v) is 2.08. The van der Waals surface area contributed by atoms with Gasteiger partial charge in [-0.3, -0.25) is 14.5 Å². The first kappa shape index (κ1) is 14.9. The summed E-state index contributed by atoms with van der Waals surface area (Å²) in [5, 5.41) is 0.520. The van der Waals surface area contributed by atoms with E-state index in [1.807, 2.05) is 0 Å². The summed E-state index contributed by atoms with van der Waals surface area (Å²) in [6.07, 6.45) is 1.93. The van der Waals surface area contributed by atoms with E-state index in [0.29, 0.717) is 11.5 Å².